The summed E-state index contributed by atoms with van der Waals surface area (Å²) in [6.07, 6.45) is 4.18. The second kappa shape index (κ2) is 10.3. The van der Waals surface area contributed by atoms with E-state index in [-0.39, 0.29) is 24.5 Å². The van der Waals surface area contributed by atoms with Gasteiger partial charge in [0.05, 0.1) is 43.6 Å². The van der Waals surface area contributed by atoms with Crippen LogP contribution < -0.4 is 20.3 Å². The van der Waals surface area contributed by atoms with Crippen LogP contribution in [0.4, 0.5) is 5.00 Å². The topological polar surface area (TPSA) is 109 Å². The molecule has 9 nitrogen and oxygen atoms in total. The van der Waals surface area contributed by atoms with Crippen molar-refractivity contribution in [2.24, 2.45) is 0 Å². The summed E-state index contributed by atoms with van der Waals surface area (Å²) in [4.78, 5) is 42.3. The number of methoxy groups -OCH3 is 2. The number of hydrogen-bond acceptors (Lipinski definition) is 8. The second-order valence-electron chi connectivity index (χ2n) is 8.01. The maximum absolute atomic E-state index is 12.9. The zero-order valence-corrected chi connectivity index (χ0v) is 20.2. The number of aryl methyl sites for hydroxylation is 1. The molecular weight excluding hydrogens is 458 g/mol. The van der Waals surface area contributed by atoms with Crippen molar-refractivity contribution in [1.29, 1.82) is 0 Å². The van der Waals surface area contributed by atoms with Crippen LogP contribution in [-0.4, -0.2) is 42.3 Å². The van der Waals surface area contributed by atoms with Crippen molar-refractivity contribution >= 4 is 39.1 Å². The van der Waals surface area contributed by atoms with Crippen LogP contribution in [-0.2, 0) is 16.1 Å². The minimum Gasteiger partial charge on any atom is -0.493 e. The van der Waals surface area contributed by atoms with E-state index in [2.05, 4.69) is 10.3 Å². The van der Waals surface area contributed by atoms with E-state index in [0.717, 1.165) is 18.4 Å². The molecule has 0 bridgehead atoms. The quantitative estimate of drug-likeness (QED) is 0.433. The first-order valence-corrected chi connectivity index (χ1v) is 12.0. The van der Waals surface area contributed by atoms with Crippen LogP contribution in [0.5, 0.6) is 11.5 Å². The van der Waals surface area contributed by atoms with Crippen molar-refractivity contribution in [3.05, 3.63) is 45.3 Å². The molecule has 3 aromatic rings. The Morgan fingerprint density at radius 2 is 1.94 bits per heavy atom. The van der Waals surface area contributed by atoms with Gasteiger partial charge in [-0.15, -0.1) is 11.3 Å². The molecule has 1 fully saturated rings. The Kier molecular flexibility index (Phi) is 7.16. The van der Waals surface area contributed by atoms with Crippen LogP contribution in [0.3, 0.4) is 0 Å². The number of thiophene rings is 1. The summed E-state index contributed by atoms with van der Waals surface area (Å²) in [5.41, 5.74) is 1.72. The minimum absolute atomic E-state index is 0.190. The molecule has 10 heteroatoms. The SMILES string of the molecule is CCOC(=O)c1c(C2CC2)csc1NC(=O)CCCn1cnc2cc(OC)c(OC)cc2c1=O. The van der Waals surface area contributed by atoms with Gasteiger partial charge in [0.25, 0.3) is 5.56 Å². The first-order valence-electron chi connectivity index (χ1n) is 11.2. The number of amides is 1. The molecule has 0 radical (unpaired) electrons. The number of hydrogen-bond donors (Lipinski definition) is 1. The number of nitrogens with one attached hydrogen (secondary N) is 1. The molecule has 1 saturated carbocycles. The molecule has 1 aromatic carbocycles. The molecular formula is C24H27N3O6S. The number of nitrogens with zero attached hydrogens (tertiary/aromatic N) is 2. The minimum atomic E-state index is -0.401. The third-order valence-electron chi connectivity index (χ3n) is 5.70. The van der Waals surface area contributed by atoms with Gasteiger partial charge in [-0.3, -0.25) is 14.2 Å². The van der Waals surface area contributed by atoms with Gasteiger partial charge in [0.15, 0.2) is 11.5 Å². The smallest absolute Gasteiger partial charge is 0.341 e. The lowest BCUT2D eigenvalue weighted by atomic mass is 10.1. The van der Waals surface area contributed by atoms with Crippen molar-refractivity contribution in [2.45, 2.75) is 45.1 Å². The number of ether oxygens (including phenoxy) is 3. The zero-order chi connectivity index (χ0) is 24.2. The summed E-state index contributed by atoms with van der Waals surface area (Å²) < 4.78 is 17.2. The number of rotatable bonds is 10. The molecule has 0 aliphatic heterocycles. The Balaban J connectivity index is 1.42. The second-order valence-corrected chi connectivity index (χ2v) is 8.89. The molecule has 0 spiro atoms. The first-order chi connectivity index (χ1) is 16.5. The Bertz CT molecular complexity index is 1280. The summed E-state index contributed by atoms with van der Waals surface area (Å²) in [6, 6.07) is 3.27. The summed E-state index contributed by atoms with van der Waals surface area (Å²) in [5.74, 6) is 0.693. The highest BCUT2D eigenvalue weighted by molar-refractivity contribution is 7.15. The lowest BCUT2D eigenvalue weighted by Gasteiger charge is -2.11. The van der Waals surface area contributed by atoms with Crippen LogP contribution in [0.15, 0.2) is 28.6 Å². The summed E-state index contributed by atoms with van der Waals surface area (Å²) in [6.45, 7) is 2.36. The van der Waals surface area contributed by atoms with Gasteiger partial charge in [-0.25, -0.2) is 9.78 Å². The first kappa shape index (κ1) is 23.7. The number of anilines is 1. The molecule has 2 heterocycles. The van der Waals surface area contributed by atoms with Crippen LogP contribution >= 0.6 is 11.3 Å². The highest BCUT2D eigenvalue weighted by atomic mass is 32.1. The van der Waals surface area contributed by atoms with E-state index in [0.29, 0.717) is 51.8 Å². The number of aromatic nitrogens is 2. The number of esters is 1. The molecule has 1 amide bonds. The zero-order valence-electron chi connectivity index (χ0n) is 19.4. The Morgan fingerprint density at radius 1 is 1.21 bits per heavy atom. The van der Waals surface area contributed by atoms with Crippen molar-refractivity contribution in [2.75, 3.05) is 26.1 Å². The van der Waals surface area contributed by atoms with Crippen LogP contribution in [0.2, 0.25) is 0 Å². The van der Waals surface area contributed by atoms with Gasteiger partial charge < -0.3 is 19.5 Å². The lowest BCUT2D eigenvalue weighted by molar-refractivity contribution is -0.116. The van der Waals surface area contributed by atoms with E-state index < -0.39 is 5.97 Å². The Labute approximate surface area is 200 Å². The van der Waals surface area contributed by atoms with Crippen molar-refractivity contribution < 1.29 is 23.8 Å². The number of carbonyl (C=O) groups is 2. The highest BCUT2D eigenvalue weighted by Crippen LogP contribution is 2.46. The maximum Gasteiger partial charge on any atom is 0.341 e. The van der Waals surface area contributed by atoms with E-state index in [1.165, 1.54) is 36.5 Å². The molecule has 34 heavy (non-hydrogen) atoms. The molecule has 0 atom stereocenters. The average Bonchev–Trinajstić information content (AvgIpc) is 3.60. The largest absolute Gasteiger partial charge is 0.493 e. The molecule has 0 saturated heterocycles. The normalized spacial score (nSPS) is 13.0. The van der Waals surface area contributed by atoms with Gasteiger partial charge in [-0.2, -0.15) is 0 Å². The third kappa shape index (κ3) is 4.91. The van der Waals surface area contributed by atoms with Gasteiger partial charge >= 0.3 is 5.97 Å². The molecule has 1 N–H and O–H groups in total. The third-order valence-corrected chi connectivity index (χ3v) is 6.62. The van der Waals surface area contributed by atoms with Crippen molar-refractivity contribution in [1.82, 2.24) is 9.55 Å². The van der Waals surface area contributed by atoms with Crippen molar-refractivity contribution in [3.63, 3.8) is 0 Å². The highest BCUT2D eigenvalue weighted by Gasteiger charge is 2.32. The fraction of sp³-hybridized carbons (Fsp3) is 0.417. The number of carbonyl (C=O) groups excluding carboxylic acids is 2. The van der Waals surface area contributed by atoms with E-state index in [9.17, 15) is 14.4 Å². The molecule has 4 rings (SSSR count). The maximum atomic E-state index is 12.9. The molecule has 1 aliphatic rings. The molecule has 0 unspecified atom stereocenters. The molecule has 2 aromatic heterocycles. The van der Waals surface area contributed by atoms with E-state index >= 15 is 0 Å². The number of fused-ring (bicyclic) bond motifs is 1. The molecule has 1 aliphatic carbocycles. The molecule has 180 valence electrons. The van der Waals surface area contributed by atoms with E-state index in [4.69, 9.17) is 14.2 Å². The summed E-state index contributed by atoms with van der Waals surface area (Å²) in [7, 11) is 3.03. The predicted octanol–water partition coefficient (Wildman–Crippen LogP) is 3.95. The summed E-state index contributed by atoms with van der Waals surface area (Å²) in [5, 5.41) is 5.73. The monoisotopic (exact) mass is 485 g/mol. The van der Waals surface area contributed by atoms with Gasteiger partial charge in [0.2, 0.25) is 5.91 Å². The van der Waals surface area contributed by atoms with Crippen LogP contribution in [0, 0.1) is 0 Å². The van der Waals surface area contributed by atoms with Crippen LogP contribution in [0.25, 0.3) is 10.9 Å². The predicted molar refractivity (Wildman–Crippen MR) is 129 cm³/mol. The lowest BCUT2D eigenvalue weighted by Crippen LogP contribution is -2.22. The van der Waals surface area contributed by atoms with Gasteiger partial charge in [0.1, 0.15) is 5.00 Å². The Hall–Kier alpha value is -3.40. The Morgan fingerprint density at radius 3 is 2.62 bits per heavy atom. The average molecular weight is 486 g/mol. The standard InChI is InChI=1S/C24H27N3O6S/c1-4-33-24(30)21-16(14-7-8-14)12-34-22(21)26-20(28)6-5-9-27-13-25-17-11-19(32-3)18(31-2)10-15(17)23(27)29/h10-14H,4-9H2,1-3H3,(H,26,28). The number of benzene rings is 1. The van der Waals surface area contributed by atoms with Gasteiger partial charge in [0, 0.05) is 19.0 Å². The summed E-state index contributed by atoms with van der Waals surface area (Å²) >= 11 is 1.35. The van der Waals surface area contributed by atoms with Gasteiger partial charge in [-0.05, 0) is 49.1 Å². The fourth-order valence-corrected chi connectivity index (χ4v) is 4.86. The van der Waals surface area contributed by atoms with E-state index in [1.54, 1.807) is 19.1 Å². The van der Waals surface area contributed by atoms with Crippen LogP contribution in [0.1, 0.15) is 54.4 Å². The van der Waals surface area contributed by atoms with E-state index in [1.807, 2.05) is 5.38 Å². The van der Waals surface area contributed by atoms with Crippen molar-refractivity contribution in [3.8, 4) is 11.5 Å². The fourth-order valence-electron chi connectivity index (χ4n) is 3.82. The van der Waals surface area contributed by atoms with Gasteiger partial charge in [-0.1, -0.05) is 0 Å².